The molecule has 24 heavy (non-hydrogen) atoms. The van der Waals surface area contributed by atoms with E-state index >= 15 is 0 Å². The summed E-state index contributed by atoms with van der Waals surface area (Å²) < 4.78 is 5.18. The molecule has 2 aromatic rings. The van der Waals surface area contributed by atoms with Gasteiger partial charge in [0.15, 0.2) is 0 Å². The average molecular weight is 325 g/mol. The molecule has 0 aromatic heterocycles. The van der Waals surface area contributed by atoms with E-state index in [1.54, 1.807) is 18.7 Å². The van der Waals surface area contributed by atoms with Crippen LogP contribution in [0.1, 0.15) is 32.3 Å². The number of benzene rings is 2. The van der Waals surface area contributed by atoms with Crippen LogP contribution < -0.4 is 4.90 Å². The molecule has 1 amide bonds. The summed E-state index contributed by atoms with van der Waals surface area (Å²) in [6, 6.07) is 11.4. The molecule has 0 aliphatic heterocycles. The van der Waals surface area contributed by atoms with E-state index in [9.17, 15) is 9.59 Å². The molecule has 0 unspecified atom stereocenters. The van der Waals surface area contributed by atoms with E-state index in [0.717, 1.165) is 34.9 Å². The lowest BCUT2D eigenvalue weighted by Crippen LogP contribution is -2.45. The highest BCUT2D eigenvalue weighted by Gasteiger charge is 2.39. The van der Waals surface area contributed by atoms with Crippen molar-refractivity contribution in [3.05, 3.63) is 42.0 Å². The van der Waals surface area contributed by atoms with Crippen molar-refractivity contribution >= 4 is 28.3 Å². The molecule has 4 nitrogen and oxygen atoms in total. The molecule has 0 saturated heterocycles. The zero-order valence-corrected chi connectivity index (χ0v) is 14.4. The minimum absolute atomic E-state index is 0.0232. The van der Waals surface area contributed by atoms with Gasteiger partial charge in [0.2, 0.25) is 5.91 Å². The normalized spacial score (nSPS) is 15.1. The molecule has 1 aliphatic carbocycles. The van der Waals surface area contributed by atoms with Gasteiger partial charge in [-0.25, -0.2) is 4.79 Å². The van der Waals surface area contributed by atoms with Gasteiger partial charge in [-0.2, -0.15) is 0 Å². The van der Waals surface area contributed by atoms with Crippen LogP contribution in [-0.4, -0.2) is 24.5 Å². The van der Waals surface area contributed by atoms with E-state index in [1.165, 1.54) is 0 Å². The summed E-state index contributed by atoms with van der Waals surface area (Å²) in [4.78, 5) is 27.0. The number of anilines is 1. The summed E-state index contributed by atoms with van der Waals surface area (Å²) in [5, 5.41) is 2.05. The van der Waals surface area contributed by atoms with Crippen molar-refractivity contribution in [1.29, 1.82) is 0 Å². The van der Waals surface area contributed by atoms with Crippen molar-refractivity contribution in [2.75, 3.05) is 11.5 Å². The number of amides is 1. The molecule has 1 atom stereocenters. The summed E-state index contributed by atoms with van der Waals surface area (Å²) in [6.07, 6.45) is 1.80. The van der Waals surface area contributed by atoms with Gasteiger partial charge in [-0.3, -0.25) is 9.69 Å². The second-order valence-corrected chi connectivity index (χ2v) is 6.36. The van der Waals surface area contributed by atoms with E-state index in [1.807, 2.05) is 43.3 Å². The molecule has 1 saturated carbocycles. The highest BCUT2D eigenvalue weighted by Crippen LogP contribution is 2.38. The Bertz CT molecular complexity index is 780. The number of esters is 1. The molecular formula is C20H23NO3. The Kier molecular flexibility index (Phi) is 4.56. The van der Waals surface area contributed by atoms with Crippen LogP contribution >= 0.6 is 0 Å². The van der Waals surface area contributed by atoms with Crippen molar-refractivity contribution < 1.29 is 14.3 Å². The number of rotatable bonds is 5. The second-order valence-electron chi connectivity index (χ2n) is 6.36. The maximum Gasteiger partial charge on any atom is 0.328 e. The summed E-state index contributed by atoms with van der Waals surface area (Å²) in [7, 11) is 0. The van der Waals surface area contributed by atoms with Gasteiger partial charge < -0.3 is 4.74 Å². The lowest BCUT2D eigenvalue weighted by Gasteiger charge is -2.30. The fraction of sp³-hybridized carbons (Fsp3) is 0.400. The highest BCUT2D eigenvalue weighted by molar-refractivity contribution is 6.09. The van der Waals surface area contributed by atoms with Crippen molar-refractivity contribution in [2.24, 2.45) is 5.92 Å². The van der Waals surface area contributed by atoms with Crippen LogP contribution in [0.15, 0.2) is 36.4 Å². The van der Waals surface area contributed by atoms with Crippen molar-refractivity contribution in [3.63, 3.8) is 0 Å². The summed E-state index contributed by atoms with van der Waals surface area (Å²) in [6.45, 7) is 5.82. The summed E-state index contributed by atoms with van der Waals surface area (Å²) in [5.41, 5.74) is 1.81. The number of carbonyl (C=O) groups excluding carboxylic acids is 2. The third kappa shape index (κ3) is 3.01. The standard InChI is InChI=1S/C20H23NO3/c1-4-24-20(23)14(3)21(19(22)16-11-12-16)18-13(2)9-10-15-7-5-6-8-17(15)18/h5-10,14,16H,4,11-12H2,1-3H3/t14-/m0/s1. The number of carbonyl (C=O) groups is 2. The first kappa shape index (κ1) is 16.5. The smallest absolute Gasteiger partial charge is 0.328 e. The maximum absolute atomic E-state index is 13.0. The Morgan fingerprint density at radius 2 is 1.92 bits per heavy atom. The predicted octanol–water partition coefficient (Wildman–Crippen LogP) is 3.84. The van der Waals surface area contributed by atoms with Gasteiger partial charge in [0, 0.05) is 11.3 Å². The maximum atomic E-state index is 13.0. The van der Waals surface area contributed by atoms with Gasteiger partial charge in [0.25, 0.3) is 0 Å². The molecule has 4 heteroatoms. The third-order valence-corrected chi connectivity index (χ3v) is 4.52. The molecule has 3 rings (SSSR count). The summed E-state index contributed by atoms with van der Waals surface area (Å²) in [5.74, 6) is -0.311. The monoisotopic (exact) mass is 325 g/mol. The van der Waals surface area contributed by atoms with Gasteiger partial charge in [-0.15, -0.1) is 0 Å². The molecule has 0 spiro atoms. The SMILES string of the molecule is CCOC(=O)[C@H](C)N(C(=O)C1CC1)c1c(C)ccc2ccccc12. The zero-order valence-electron chi connectivity index (χ0n) is 14.4. The lowest BCUT2D eigenvalue weighted by atomic mass is 10.0. The van der Waals surface area contributed by atoms with E-state index in [-0.39, 0.29) is 17.8 Å². The minimum atomic E-state index is -0.637. The lowest BCUT2D eigenvalue weighted by molar-refractivity contribution is -0.145. The molecule has 0 radical (unpaired) electrons. The van der Waals surface area contributed by atoms with E-state index < -0.39 is 6.04 Å². The minimum Gasteiger partial charge on any atom is -0.464 e. The molecule has 0 heterocycles. The number of aryl methyl sites for hydroxylation is 1. The predicted molar refractivity (Wildman–Crippen MR) is 95.0 cm³/mol. The topological polar surface area (TPSA) is 46.6 Å². The third-order valence-electron chi connectivity index (χ3n) is 4.52. The Balaban J connectivity index is 2.13. The first-order chi connectivity index (χ1) is 11.5. The van der Waals surface area contributed by atoms with Crippen LogP contribution in [-0.2, 0) is 14.3 Å². The molecule has 0 bridgehead atoms. The van der Waals surface area contributed by atoms with Gasteiger partial charge in [0.1, 0.15) is 6.04 Å². The van der Waals surface area contributed by atoms with Gasteiger partial charge >= 0.3 is 5.97 Å². The van der Waals surface area contributed by atoms with Crippen molar-refractivity contribution in [1.82, 2.24) is 0 Å². The Morgan fingerprint density at radius 1 is 1.21 bits per heavy atom. The molecule has 2 aromatic carbocycles. The van der Waals surface area contributed by atoms with Gasteiger partial charge in [0.05, 0.1) is 12.3 Å². The van der Waals surface area contributed by atoms with Crippen molar-refractivity contribution in [3.8, 4) is 0 Å². The van der Waals surface area contributed by atoms with Crippen LogP contribution in [0.25, 0.3) is 10.8 Å². The number of ether oxygens (including phenoxy) is 1. The van der Waals surface area contributed by atoms with E-state index in [2.05, 4.69) is 0 Å². The van der Waals surface area contributed by atoms with Gasteiger partial charge in [-0.05, 0) is 44.6 Å². The van der Waals surface area contributed by atoms with E-state index in [0.29, 0.717) is 6.61 Å². The van der Waals surface area contributed by atoms with Crippen LogP contribution in [0, 0.1) is 12.8 Å². The van der Waals surface area contributed by atoms with Gasteiger partial charge in [-0.1, -0.05) is 36.4 Å². The molecule has 1 aliphatic rings. The molecule has 0 N–H and O–H groups in total. The first-order valence-electron chi connectivity index (χ1n) is 8.52. The zero-order chi connectivity index (χ0) is 17.3. The van der Waals surface area contributed by atoms with Crippen LogP contribution in [0.5, 0.6) is 0 Å². The van der Waals surface area contributed by atoms with Crippen molar-refractivity contribution in [2.45, 2.75) is 39.7 Å². The highest BCUT2D eigenvalue weighted by atomic mass is 16.5. The molecular weight excluding hydrogens is 302 g/mol. The van der Waals surface area contributed by atoms with Crippen LogP contribution in [0.4, 0.5) is 5.69 Å². The second kappa shape index (κ2) is 6.63. The van der Waals surface area contributed by atoms with Crippen LogP contribution in [0.3, 0.4) is 0 Å². The molecule has 126 valence electrons. The largest absolute Gasteiger partial charge is 0.464 e. The number of fused-ring (bicyclic) bond motifs is 1. The number of hydrogen-bond acceptors (Lipinski definition) is 3. The fourth-order valence-electron chi connectivity index (χ4n) is 3.07. The number of hydrogen-bond donors (Lipinski definition) is 0. The first-order valence-corrected chi connectivity index (χ1v) is 8.52. The average Bonchev–Trinajstić information content (AvgIpc) is 3.42. The number of nitrogens with zero attached hydrogens (tertiary/aromatic N) is 1. The summed E-state index contributed by atoms with van der Waals surface area (Å²) >= 11 is 0. The van der Waals surface area contributed by atoms with E-state index in [4.69, 9.17) is 4.74 Å². The fourth-order valence-corrected chi connectivity index (χ4v) is 3.07. The molecule has 1 fully saturated rings. The Hall–Kier alpha value is -2.36. The van der Waals surface area contributed by atoms with Crippen LogP contribution in [0.2, 0.25) is 0 Å². The Labute approximate surface area is 142 Å². The Morgan fingerprint density at radius 3 is 2.58 bits per heavy atom. The quantitative estimate of drug-likeness (QED) is 0.785.